The summed E-state index contributed by atoms with van der Waals surface area (Å²) < 4.78 is 18.8. The van der Waals surface area contributed by atoms with Crippen molar-refractivity contribution in [3.05, 3.63) is 95.3 Å². The van der Waals surface area contributed by atoms with E-state index in [4.69, 9.17) is 9.73 Å². The van der Waals surface area contributed by atoms with Gasteiger partial charge in [0.2, 0.25) is 5.96 Å². The number of piperazine rings is 1. The second kappa shape index (κ2) is 10.9. The number of aliphatic imine (C=N–C) groups is 1. The number of aryl methyl sites for hydroxylation is 1. The number of ether oxygens (including phenoxy) is 1. The van der Waals surface area contributed by atoms with Gasteiger partial charge in [-0.05, 0) is 60.5 Å². The maximum atomic E-state index is 13.5. The molecule has 7 heteroatoms. The van der Waals surface area contributed by atoms with Crippen LogP contribution in [0.15, 0.2) is 77.8 Å². The Morgan fingerprint density at radius 3 is 2.50 bits per heavy atom. The van der Waals surface area contributed by atoms with Gasteiger partial charge in [0.15, 0.2) is 0 Å². The van der Waals surface area contributed by atoms with Crippen molar-refractivity contribution < 1.29 is 13.9 Å². The molecule has 1 saturated heterocycles. The second-order valence-electron chi connectivity index (χ2n) is 8.35. The molecule has 3 aromatic carbocycles. The molecule has 4 rings (SSSR count). The van der Waals surface area contributed by atoms with Crippen molar-refractivity contribution in [3.63, 3.8) is 0 Å². The van der Waals surface area contributed by atoms with Crippen LogP contribution >= 0.6 is 0 Å². The monoisotopic (exact) mass is 460 g/mol. The normalized spacial score (nSPS) is 14.7. The Morgan fingerprint density at radius 1 is 1.00 bits per heavy atom. The number of hydrogen-bond donors (Lipinski definition) is 1. The molecule has 0 atom stereocenters. The number of amides is 1. The third-order valence-electron chi connectivity index (χ3n) is 5.76. The van der Waals surface area contributed by atoms with Gasteiger partial charge >= 0.3 is 0 Å². The number of benzene rings is 3. The molecule has 176 valence electrons. The van der Waals surface area contributed by atoms with Crippen molar-refractivity contribution in [2.24, 2.45) is 4.99 Å². The smallest absolute Gasteiger partial charge is 0.258 e. The molecule has 0 aromatic heterocycles. The van der Waals surface area contributed by atoms with E-state index in [9.17, 15) is 9.18 Å². The van der Waals surface area contributed by atoms with E-state index >= 15 is 0 Å². The zero-order chi connectivity index (χ0) is 23.9. The Morgan fingerprint density at radius 2 is 1.76 bits per heavy atom. The lowest BCUT2D eigenvalue weighted by molar-refractivity contribution is 0.0967. The second-order valence-corrected chi connectivity index (χ2v) is 8.35. The molecule has 1 aliphatic rings. The van der Waals surface area contributed by atoms with Crippen LogP contribution in [0.2, 0.25) is 0 Å². The number of hydrogen-bond acceptors (Lipinski definition) is 4. The maximum Gasteiger partial charge on any atom is 0.258 e. The fourth-order valence-corrected chi connectivity index (χ4v) is 3.95. The van der Waals surface area contributed by atoms with Crippen LogP contribution < -0.4 is 10.1 Å². The van der Waals surface area contributed by atoms with Crippen molar-refractivity contribution in [1.82, 2.24) is 15.1 Å². The third-order valence-corrected chi connectivity index (χ3v) is 5.76. The van der Waals surface area contributed by atoms with Gasteiger partial charge in [-0.15, -0.1) is 0 Å². The molecule has 0 spiro atoms. The average molecular weight is 461 g/mol. The summed E-state index contributed by atoms with van der Waals surface area (Å²) in [4.78, 5) is 22.2. The van der Waals surface area contributed by atoms with Gasteiger partial charge < -0.3 is 9.64 Å². The molecule has 1 N–H and O–H groups in total. The first kappa shape index (κ1) is 23.4. The van der Waals surface area contributed by atoms with Crippen molar-refractivity contribution in [2.75, 3.05) is 33.3 Å². The van der Waals surface area contributed by atoms with Crippen molar-refractivity contribution in [3.8, 4) is 5.75 Å². The number of carbonyl (C=O) groups is 1. The topological polar surface area (TPSA) is 57.2 Å². The van der Waals surface area contributed by atoms with Gasteiger partial charge in [-0.25, -0.2) is 9.38 Å². The van der Waals surface area contributed by atoms with Gasteiger partial charge in [0.25, 0.3) is 5.91 Å². The summed E-state index contributed by atoms with van der Waals surface area (Å²) in [5, 5.41) is 3.01. The summed E-state index contributed by atoms with van der Waals surface area (Å²) in [6.07, 6.45) is 0. The zero-order valence-corrected chi connectivity index (χ0v) is 19.5. The Kier molecular flexibility index (Phi) is 7.54. The Balaban J connectivity index is 1.50. The quantitative estimate of drug-likeness (QED) is 0.454. The van der Waals surface area contributed by atoms with Gasteiger partial charge in [0.1, 0.15) is 11.6 Å². The van der Waals surface area contributed by atoms with Crippen molar-refractivity contribution >= 4 is 17.6 Å². The first-order valence-electron chi connectivity index (χ1n) is 11.3. The van der Waals surface area contributed by atoms with Crippen molar-refractivity contribution in [2.45, 2.75) is 13.5 Å². The standard InChI is InChI=1S/C27H29FN4O2/c1-20-6-3-10-24(16-20)29-27(30-26(33)22-8-5-11-25(18-22)34-2)32-14-12-31(13-15-32)19-21-7-4-9-23(28)17-21/h3-11,16-18H,12-15,19H2,1-2H3,(H,29,30,33). The summed E-state index contributed by atoms with van der Waals surface area (Å²) in [6.45, 7) is 5.64. The van der Waals surface area contributed by atoms with Crippen LogP contribution in [0.3, 0.4) is 0 Å². The molecule has 6 nitrogen and oxygen atoms in total. The Hall–Kier alpha value is -3.71. The van der Waals surface area contributed by atoms with E-state index in [1.165, 1.54) is 6.07 Å². The molecular weight excluding hydrogens is 431 g/mol. The molecular formula is C27H29FN4O2. The fourth-order valence-electron chi connectivity index (χ4n) is 3.95. The predicted octanol–water partition coefficient (Wildman–Crippen LogP) is 4.38. The Labute approximate surface area is 199 Å². The molecule has 1 aliphatic heterocycles. The molecule has 1 heterocycles. The summed E-state index contributed by atoms with van der Waals surface area (Å²) in [6, 6.07) is 21.6. The van der Waals surface area contributed by atoms with E-state index in [1.807, 2.05) is 37.3 Å². The molecule has 1 amide bonds. The molecule has 1 fully saturated rings. The van der Waals surface area contributed by atoms with Crippen LogP contribution in [0.25, 0.3) is 0 Å². The summed E-state index contributed by atoms with van der Waals surface area (Å²) >= 11 is 0. The largest absolute Gasteiger partial charge is 0.497 e. The SMILES string of the molecule is COc1cccc(C(=O)NC(=Nc2cccc(C)c2)N2CCN(Cc3cccc(F)c3)CC2)c1. The van der Waals surface area contributed by atoms with E-state index in [-0.39, 0.29) is 11.7 Å². The van der Waals surface area contributed by atoms with Crippen LogP contribution in [0.5, 0.6) is 5.75 Å². The Bertz CT molecular complexity index is 1170. The lowest BCUT2D eigenvalue weighted by Crippen LogP contribution is -2.53. The zero-order valence-electron chi connectivity index (χ0n) is 19.5. The average Bonchev–Trinajstić information content (AvgIpc) is 2.84. The van der Waals surface area contributed by atoms with E-state index in [2.05, 4.69) is 15.1 Å². The highest BCUT2D eigenvalue weighted by molar-refractivity contribution is 6.06. The highest BCUT2D eigenvalue weighted by Gasteiger charge is 2.22. The number of nitrogens with zero attached hydrogens (tertiary/aromatic N) is 3. The number of guanidine groups is 1. The summed E-state index contributed by atoms with van der Waals surface area (Å²) in [5.41, 5.74) is 3.33. The fraction of sp³-hybridized carbons (Fsp3) is 0.259. The van der Waals surface area contributed by atoms with Crippen molar-refractivity contribution in [1.29, 1.82) is 0 Å². The maximum absolute atomic E-state index is 13.5. The molecule has 3 aromatic rings. The van der Waals surface area contributed by atoms with E-state index in [1.54, 1.807) is 43.5 Å². The molecule has 0 unspecified atom stereocenters. The van der Waals surface area contributed by atoms with E-state index < -0.39 is 0 Å². The van der Waals surface area contributed by atoms with Crippen LogP contribution in [0, 0.1) is 12.7 Å². The highest BCUT2D eigenvalue weighted by Crippen LogP contribution is 2.17. The van der Waals surface area contributed by atoms with E-state index in [0.29, 0.717) is 36.9 Å². The number of methoxy groups -OCH3 is 1. The number of nitrogens with one attached hydrogen (secondary N) is 1. The molecule has 0 aliphatic carbocycles. The summed E-state index contributed by atoms with van der Waals surface area (Å²) in [5.74, 6) is 0.677. The number of rotatable bonds is 5. The van der Waals surface area contributed by atoms with Crippen LogP contribution in [-0.4, -0.2) is 55.0 Å². The minimum Gasteiger partial charge on any atom is -0.497 e. The van der Waals surface area contributed by atoms with Crippen LogP contribution in [-0.2, 0) is 6.54 Å². The highest BCUT2D eigenvalue weighted by atomic mass is 19.1. The number of halogens is 1. The van der Waals surface area contributed by atoms with Gasteiger partial charge in [-0.3, -0.25) is 15.0 Å². The molecule has 0 bridgehead atoms. The number of carbonyl (C=O) groups excluding carboxylic acids is 1. The van der Waals surface area contributed by atoms with Gasteiger partial charge in [-0.2, -0.15) is 0 Å². The van der Waals surface area contributed by atoms with Crippen LogP contribution in [0.1, 0.15) is 21.5 Å². The predicted molar refractivity (Wildman–Crippen MR) is 132 cm³/mol. The molecule has 0 radical (unpaired) electrons. The van der Waals surface area contributed by atoms with Crippen LogP contribution in [0.4, 0.5) is 10.1 Å². The third kappa shape index (κ3) is 6.20. The minimum absolute atomic E-state index is 0.219. The van der Waals surface area contributed by atoms with E-state index in [0.717, 1.165) is 29.9 Å². The lowest BCUT2D eigenvalue weighted by atomic mass is 10.2. The molecule has 0 saturated carbocycles. The lowest BCUT2D eigenvalue weighted by Gasteiger charge is -2.36. The van der Waals surface area contributed by atoms with Gasteiger partial charge in [0.05, 0.1) is 12.8 Å². The van der Waals surface area contributed by atoms with Gasteiger partial charge in [0, 0.05) is 38.3 Å². The first-order chi connectivity index (χ1) is 16.5. The van der Waals surface area contributed by atoms with Gasteiger partial charge in [-0.1, -0.05) is 30.3 Å². The minimum atomic E-state index is -0.243. The molecule has 34 heavy (non-hydrogen) atoms. The first-order valence-corrected chi connectivity index (χ1v) is 11.3. The summed E-state index contributed by atoms with van der Waals surface area (Å²) in [7, 11) is 1.57.